The lowest BCUT2D eigenvalue weighted by Crippen LogP contribution is -2.48. The van der Waals surface area contributed by atoms with Gasteiger partial charge in [-0.05, 0) is 26.7 Å². The number of sulfonamides is 1. The van der Waals surface area contributed by atoms with Crippen LogP contribution in [0.4, 0.5) is 0 Å². The SMILES string of the molecule is Cc1nc(S(=O)(=O)N2CCC(C(=O)NC(C)C(N)=O)CC2)cn1C. The summed E-state index contributed by atoms with van der Waals surface area (Å²) in [4.78, 5) is 27.2. The maximum Gasteiger partial charge on any atom is 0.262 e. The molecule has 1 aromatic heterocycles. The number of carbonyl (C=O) groups is 2. The molecule has 2 heterocycles. The first-order valence-electron chi connectivity index (χ1n) is 7.72. The highest BCUT2D eigenvalue weighted by Crippen LogP contribution is 2.23. The number of primary amides is 1. The Morgan fingerprint density at radius 3 is 2.42 bits per heavy atom. The zero-order chi connectivity index (χ0) is 18.1. The Balaban J connectivity index is 1.99. The summed E-state index contributed by atoms with van der Waals surface area (Å²) in [5.74, 6) is -0.590. The van der Waals surface area contributed by atoms with Crippen molar-refractivity contribution in [1.82, 2.24) is 19.2 Å². The lowest BCUT2D eigenvalue weighted by atomic mass is 9.97. The van der Waals surface area contributed by atoms with Gasteiger partial charge in [-0.15, -0.1) is 0 Å². The molecule has 9 nitrogen and oxygen atoms in total. The fourth-order valence-corrected chi connectivity index (χ4v) is 4.04. The van der Waals surface area contributed by atoms with Crippen molar-refractivity contribution in [2.24, 2.45) is 18.7 Å². The van der Waals surface area contributed by atoms with Gasteiger partial charge in [-0.2, -0.15) is 4.31 Å². The molecule has 1 fully saturated rings. The smallest absolute Gasteiger partial charge is 0.262 e. The van der Waals surface area contributed by atoms with E-state index < -0.39 is 22.0 Å². The van der Waals surface area contributed by atoms with E-state index >= 15 is 0 Å². The number of nitrogens with two attached hydrogens (primary N) is 1. The van der Waals surface area contributed by atoms with E-state index in [1.165, 1.54) is 17.4 Å². The van der Waals surface area contributed by atoms with Crippen LogP contribution in [0.2, 0.25) is 0 Å². The number of nitrogens with zero attached hydrogens (tertiary/aromatic N) is 3. The van der Waals surface area contributed by atoms with Gasteiger partial charge in [0.25, 0.3) is 10.0 Å². The maximum atomic E-state index is 12.6. The zero-order valence-electron chi connectivity index (χ0n) is 14.0. The van der Waals surface area contributed by atoms with Crippen LogP contribution in [0, 0.1) is 12.8 Å². The normalized spacial score (nSPS) is 18.3. The summed E-state index contributed by atoms with van der Waals surface area (Å²) in [6, 6.07) is -0.740. The third kappa shape index (κ3) is 3.75. The van der Waals surface area contributed by atoms with Crippen LogP contribution in [0.1, 0.15) is 25.6 Å². The van der Waals surface area contributed by atoms with Gasteiger partial charge in [0, 0.05) is 32.3 Å². The second-order valence-electron chi connectivity index (χ2n) is 6.05. The third-order valence-electron chi connectivity index (χ3n) is 4.30. The van der Waals surface area contributed by atoms with Gasteiger partial charge >= 0.3 is 0 Å². The molecule has 1 aliphatic heterocycles. The number of hydrogen-bond acceptors (Lipinski definition) is 5. The molecule has 3 N–H and O–H groups in total. The summed E-state index contributed by atoms with van der Waals surface area (Å²) in [7, 11) is -1.92. The van der Waals surface area contributed by atoms with Gasteiger partial charge in [-0.1, -0.05) is 0 Å². The van der Waals surface area contributed by atoms with Gasteiger partial charge < -0.3 is 15.6 Å². The summed E-state index contributed by atoms with van der Waals surface area (Å²) in [5, 5.41) is 2.57. The molecular formula is C14H23N5O4S. The number of amides is 2. The molecule has 0 saturated carbocycles. The fourth-order valence-electron chi connectivity index (χ4n) is 2.54. The largest absolute Gasteiger partial charge is 0.368 e. The van der Waals surface area contributed by atoms with E-state index in [4.69, 9.17) is 5.73 Å². The standard InChI is InChI=1S/C14H23N5O4S/c1-9(13(15)20)16-14(21)11-4-6-19(7-5-11)24(22,23)12-8-18(3)10(2)17-12/h8-9,11H,4-7H2,1-3H3,(H2,15,20)(H,16,21). The van der Waals surface area contributed by atoms with Crippen LogP contribution in [0.3, 0.4) is 0 Å². The first kappa shape index (κ1) is 18.4. The van der Waals surface area contributed by atoms with Crippen molar-refractivity contribution >= 4 is 21.8 Å². The Bertz CT molecular complexity index is 715. The molecule has 1 unspecified atom stereocenters. The summed E-state index contributed by atoms with van der Waals surface area (Å²) in [6.45, 7) is 3.72. The molecule has 1 aliphatic rings. The number of hydrogen-bond donors (Lipinski definition) is 2. The van der Waals surface area contributed by atoms with Crippen molar-refractivity contribution in [1.29, 1.82) is 0 Å². The molecule has 1 aromatic rings. The summed E-state index contributed by atoms with van der Waals surface area (Å²) < 4.78 is 28.2. The maximum absolute atomic E-state index is 12.6. The summed E-state index contributed by atoms with van der Waals surface area (Å²) in [6.07, 6.45) is 2.27. The molecule has 0 bridgehead atoms. The molecule has 0 aliphatic carbocycles. The van der Waals surface area contributed by atoms with E-state index in [2.05, 4.69) is 10.3 Å². The number of imidazole rings is 1. The van der Waals surface area contributed by atoms with Gasteiger partial charge in [0.2, 0.25) is 11.8 Å². The first-order chi connectivity index (χ1) is 11.1. The Hall–Kier alpha value is -1.94. The van der Waals surface area contributed by atoms with Crippen LogP contribution in [0.25, 0.3) is 0 Å². The van der Waals surface area contributed by atoms with Crippen LogP contribution < -0.4 is 11.1 Å². The summed E-state index contributed by atoms with van der Waals surface area (Å²) in [5.41, 5.74) is 5.12. The van der Waals surface area contributed by atoms with Crippen molar-refractivity contribution < 1.29 is 18.0 Å². The lowest BCUT2D eigenvalue weighted by molar-refractivity contribution is -0.130. The third-order valence-corrected chi connectivity index (χ3v) is 6.07. The molecule has 1 saturated heterocycles. The predicted molar refractivity (Wildman–Crippen MR) is 86.2 cm³/mol. The molecule has 134 valence electrons. The van der Waals surface area contributed by atoms with Gasteiger partial charge in [0.1, 0.15) is 11.9 Å². The van der Waals surface area contributed by atoms with E-state index in [0.717, 1.165) is 0 Å². The van der Waals surface area contributed by atoms with Gasteiger partial charge in [0.15, 0.2) is 5.03 Å². The fraction of sp³-hybridized carbons (Fsp3) is 0.643. The minimum Gasteiger partial charge on any atom is -0.368 e. The highest BCUT2D eigenvalue weighted by atomic mass is 32.2. The average Bonchev–Trinajstić information content (AvgIpc) is 2.87. The number of aryl methyl sites for hydroxylation is 2. The Kier molecular flexibility index (Phi) is 5.29. The number of nitrogens with one attached hydrogen (secondary N) is 1. The van der Waals surface area contributed by atoms with E-state index in [-0.39, 0.29) is 29.9 Å². The predicted octanol–water partition coefficient (Wildman–Crippen LogP) is -0.881. The Morgan fingerprint density at radius 1 is 1.38 bits per heavy atom. The van der Waals surface area contributed by atoms with Gasteiger partial charge in [-0.3, -0.25) is 9.59 Å². The van der Waals surface area contributed by atoms with Crippen LogP contribution >= 0.6 is 0 Å². The second-order valence-corrected chi connectivity index (χ2v) is 7.93. The molecule has 10 heteroatoms. The highest BCUT2D eigenvalue weighted by Gasteiger charge is 2.34. The number of aromatic nitrogens is 2. The quantitative estimate of drug-likeness (QED) is 0.707. The number of rotatable bonds is 5. The van der Waals surface area contributed by atoms with Crippen LogP contribution in [0.15, 0.2) is 11.2 Å². The average molecular weight is 357 g/mol. The van der Waals surface area contributed by atoms with E-state index in [0.29, 0.717) is 18.7 Å². The molecule has 24 heavy (non-hydrogen) atoms. The molecule has 0 radical (unpaired) electrons. The zero-order valence-corrected chi connectivity index (χ0v) is 14.8. The van der Waals surface area contributed by atoms with Crippen molar-refractivity contribution in [3.8, 4) is 0 Å². The van der Waals surface area contributed by atoms with Gasteiger partial charge in [0.05, 0.1) is 0 Å². The number of carbonyl (C=O) groups excluding carboxylic acids is 2. The van der Waals surface area contributed by atoms with E-state index in [1.807, 2.05) is 0 Å². The van der Waals surface area contributed by atoms with Crippen LogP contribution in [-0.2, 0) is 26.7 Å². The minimum atomic E-state index is -3.65. The van der Waals surface area contributed by atoms with Crippen LogP contribution in [0.5, 0.6) is 0 Å². The lowest BCUT2D eigenvalue weighted by Gasteiger charge is -2.30. The monoisotopic (exact) mass is 357 g/mol. The van der Waals surface area contributed by atoms with Crippen molar-refractivity contribution in [3.63, 3.8) is 0 Å². The van der Waals surface area contributed by atoms with Crippen LogP contribution in [-0.4, -0.2) is 53.2 Å². The molecular weight excluding hydrogens is 334 g/mol. The van der Waals surface area contributed by atoms with Crippen molar-refractivity contribution in [3.05, 3.63) is 12.0 Å². The highest BCUT2D eigenvalue weighted by molar-refractivity contribution is 7.89. The van der Waals surface area contributed by atoms with E-state index in [9.17, 15) is 18.0 Å². The Morgan fingerprint density at radius 2 is 1.96 bits per heavy atom. The Labute approximate surface area is 141 Å². The topological polar surface area (TPSA) is 127 Å². The van der Waals surface area contributed by atoms with Gasteiger partial charge in [-0.25, -0.2) is 13.4 Å². The van der Waals surface area contributed by atoms with Crippen molar-refractivity contribution in [2.45, 2.75) is 37.8 Å². The second kappa shape index (κ2) is 6.89. The van der Waals surface area contributed by atoms with E-state index in [1.54, 1.807) is 18.5 Å². The molecule has 0 spiro atoms. The molecule has 2 amide bonds. The minimum absolute atomic E-state index is 0.0211. The van der Waals surface area contributed by atoms with Crippen molar-refractivity contribution in [2.75, 3.05) is 13.1 Å². The molecule has 0 aromatic carbocycles. The molecule has 1 atom stereocenters. The number of piperidine rings is 1. The molecule has 2 rings (SSSR count). The summed E-state index contributed by atoms with van der Waals surface area (Å²) >= 11 is 0. The first-order valence-corrected chi connectivity index (χ1v) is 9.16.